The lowest BCUT2D eigenvalue weighted by atomic mass is 10.1. The summed E-state index contributed by atoms with van der Waals surface area (Å²) in [6, 6.07) is 12.9. The van der Waals surface area contributed by atoms with Crippen LogP contribution < -0.4 is 10.1 Å². The van der Waals surface area contributed by atoms with Crippen molar-refractivity contribution in [1.29, 1.82) is 5.26 Å². The molecule has 0 bridgehead atoms. The molecule has 2 aromatic carbocycles. The van der Waals surface area contributed by atoms with Gasteiger partial charge in [0.25, 0.3) is 5.91 Å². The van der Waals surface area contributed by atoms with E-state index in [0.29, 0.717) is 17.7 Å². The van der Waals surface area contributed by atoms with E-state index in [4.69, 9.17) is 10.00 Å². The molecule has 2 aromatic rings. The zero-order valence-corrected chi connectivity index (χ0v) is 11.4. The molecule has 106 valence electrons. The summed E-state index contributed by atoms with van der Waals surface area (Å²) >= 11 is 0. The van der Waals surface area contributed by atoms with Crippen molar-refractivity contribution in [1.82, 2.24) is 5.32 Å². The SMILES string of the molecule is COc1cc(C(=O)NCc2ccc(C#N)cc2)ccc1F. The first kappa shape index (κ1) is 14.5. The number of rotatable bonds is 4. The van der Waals surface area contributed by atoms with Crippen LogP contribution in [0.5, 0.6) is 5.75 Å². The zero-order chi connectivity index (χ0) is 15.2. The third kappa shape index (κ3) is 3.57. The molecule has 0 unspecified atom stereocenters. The van der Waals surface area contributed by atoms with E-state index in [9.17, 15) is 9.18 Å². The van der Waals surface area contributed by atoms with Crippen molar-refractivity contribution in [3.63, 3.8) is 0 Å². The van der Waals surface area contributed by atoms with Crippen molar-refractivity contribution in [2.75, 3.05) is 7.11 Å². The van der Waals surface area contributed by atoms with Gasteiger partial charge in [0, 0.05) is 12.1 Å². The van der Waals surface area contributed by atoms with Crippen LogP contribution in [0, 0.1) is 17.1 Å². The zero-order valence-electron chi connectivity index (χ0n) is 11.4. The molecule has 0 saturated carbocycles. The lowest BCUT2D eigenvalue weighted by Gasteiger charge is -2.07. The van der Waals surface area contributed by atoms with Crippen LogP contribution in [0.4, 0.5) is 4.39 Å². The van der Waals surface area contributed by atoms with Crippen LogP contribution in [0.15, 0.2) is 42.5 Å². The Balaban J connectivity index is 2.02. The lowest BCUT2D eigenvalue weighted by Crippen LogP contribution is -2.22. The van der Waals surface area contributed by atoms with Crippen LogP contribution in [0.2, 0.25) is 0 Å². The Bertz CT molecular complexity index is 690. The van der Waals surface area contributed by atoms with Gasteiger partial charge in [-0.15, -0.1) is 0 Å². The van der Waals surface area contributed by atoms with E-state index in [0.717, 1.165) is 5.56 Å². The molecular weight excluding hydrogens is 271 g/mol. The Morgan fingerprint density at radius 1 is 1.29 bits per heavy atom. The first-order chi connectivity index (χ1) is 10.1. The molecule has 0 spiro atoms. The number of nitrogens with zero attached hydrogens (tertiary/aromatic N) is 1. The predicted molar refractivity (Wildman–Crippen MR) is 75.3 cm³/mol. The van der Waals surface area contributed by atoms with Crippen molar-refractivity contribution in [3.8, 4) is 11.8 Å². The number of nitriles is 1. The van der Waals surface area contributed by atoms with Crippen molar-refractivity contribution in [3.05, 3.63) is 65.0 Å². The van der Waals surface area contributed by atoms with Crippen LogP contribution in [0.25, 0.3) is 0 Å². The highest BCUT2D eigenvalue weighted by molar-refractivity contribution is 5.94. The lowest BCUT2D eigenvalue weighted by molar-refractivity contribution is 0.0950. The van der Waals surface area contributed by atoms with Crippen molar-refractivity contribution in [2.24, 2.45) is 0 Å². The first-order valence-electron chi connectivity index (χ1n) is 6.25. The van der Waals surface area contributed by atoms with Gasteiger partial charge in [0.15, 0.2) is 11.6 Å². The maximum atomic E-state index is 13.3. The number of nitrogens with one attached hydrogen (secondary N) is 1. The van der Waals surface area contributed by atoms with Crippen LogP contribution in [0.1, 0.15) is 21.5 Å². The van der Waals surface area contributed by atoms with E-state index in [-0.39, 0.29) is 11.7 Å². The Morgan fingerprint density at radius 3 is 2.62 bits per heavy atom. The van der Waals surface area contributed by atoms with E-state index < -0.39 is 5.82 Å². The molecule has 1 amide bonds. The molecule has 1 N–H and O–H groups in total. The monoisotopic (exact) mass is 284 g/mol. The Morgan fingerprint density at radius 2 is 2.00 bits per heavy atom. The number of hydrogen-bond acceptors (Lipinski definition) is 3. The Labute approximate surface area is 121 Å². The fourth-order valence-corrected chi connectivity index (χ4v) is 1.78. The highest BCUT2D eigenvalue weighted by Crippen LogP contribution is 2.18. The van der Waals surface area contributed by atoms with Crippen molar-refractivity contribution < 1.29 is 13.9 Å². The number of hydrogen-bond donors (Lipinski definition) is 1. The first-order valence-corrected chi connectivity index (χ1v) is 6.25. The largest absolute Gasteiger partial charge is 0.494 e. The summed E-state index contributed by atoms with van der Waals surface area (Å²) < 4.78 is 18.1. The molecule has 0 aliphatic carbocycles. The second kappa shape index (κ2) is 6.53. The van der Waals surface area contributed by atoms with Gasteiger partial charge in [-0.3, -0.25) is 4.79 Å². The van der Waals surface area contributed by atoms with E-state index in [1.807, 2.05) is 6.07 Å². The maximum Gasteiger partial charge on any atom is 0.251 e. The van der Waals surface area contributed by atoms with Crippen LogP contribution >= 0.6 is 0 Å². The van der Waals surface area contributed by atoms with Gasteiger partial charge >= 0.3 is 0 Å². The van der Waals surface area contributed by atoms with E-state index in [1.165, 1.54) is 25.3 Å². The molecule has 4 nitrogen and oxygen atoms in total. The Hall–Kier alpha value is -2.87. The molecule has 0 heterocycles. The van der Waals surface area contributed by atoms with E-state index in [2.05, 4.69) is 5.32 Å². The number of ether oxygens (including phenoxy) is 1. The average Bonchev–Trinajstić information content (AvgIpc) is 2.53. The van der Waals surface area contributed by atoms with Gasteiger partial charge in [-0.05, 0) is 35.9 Å². The molecule has 0 radical (unpaired) electrons. The minimum absolute atomic E-state index is 0.0287. The highest BCUT2D eigenvalue weighted by Gasteiger charge is 2.09. The predicted octanol–water partition coefficient (Wildman–Crippen LogP) is 2.64. The summed E-state index contributed by atoms with van der Waals surface area (Å²) in [5, 5.41) is 11.4. The van der Waals surface area contributed by atoms with Gasteiger partial charge in [0.05, 0.1) is 18.7 Å². The standard InChI is InChI=1S/C16H13FN2O2/c1-21-15-8-13(6-7-14(15)17)16(20)19-10-12-4-2-11(9-18)3-5-12/h2-8H,10H2,1H3,(H,19,20). The van der Waals surface area contributed by atoms with Gasteiger partial charge in [-0.25, -0.2) is 4.39 Å². The van der Waals surface area contributed by atoms with Gasteiger partial charge in [-0.1, -0.05) is 12.1 Å². The maximum absolute atomic E-state index is 13.3. The van der Waals surface area contributed by atoms with E-state index >= 15 is 0 Å². The Kier molecular flexibility index (Phi) is 4.52. The number of amides is 1. The highest BCUT2D eigenvalue weighted by atomic mass is 19.1. The number of methoxy groups -OCH3 is 1. The number of halogens is 1. The molecule has 0 fully saturated rings. The molecule has 0 aliphatic rings. The number of carbonyl (C=O) groups is 1. The molecular formula is C16H13FN2O2. The third-order valence-corrected chi connectivity index (χ3v) is 2.95. The molecule has 21 heavy (non-hydrogen) atoms. The minimum Gasteiger partial charge on any atom is -0.494 e. The molecule has 0 saturated heterocycles. The van der Waals surface area contributed by atoms with Gasteiger partial charge in [-0.2, -0.15) is 5.26 Å². The van der Waals surface area contributed by atoms with Gasteiger partial charge in [0.1, 0.15) is 0 Å². The van der Waals surface area contributed by atoms with Crippen LogP contribution in [-0.4, -0.2) is 13.0 Å². The van der Waals surface area contributed by atoms with Gasteiger partial charge < -0.3 is 10.1 Å². The quantitative estimate of drug-likeness (QED) is 0.938. The number of carbonyl (C=O) groups excluding carboxylic acids is 1. The second-order valence-corrected chi connectivity index (χ2v) is 4.34. The summed E-state index contributed by atoms with van der Waals surface area (Å²) in [6.45, 7) is 0.324. The molecule has 0 aromatic heterocycles. The smallest absolute Gasteiger partial charge is 0.251 e. The topological polar surface area (TPSA) is 62.1 Å². The summed E-state index contributed by atoms with van der Waals surface area (Å²) in [5.74, 6) is -0.806. The molecule has 0 atom stereocenters. The van der Waals surface area contributed by atoms with Crippen molar-refractivity contribution in [2.45, 2.75) is 6.54 Å². The van der Waals surface area contributed by atoms with Crippen LogP contribution in [0.3, 0.4) is 0 Å². The molecule has 5 heteroatoms. The second-order valence-electron chi connectivity index (χ2n) is 4.34. The summed E-state index contributed by atoms with van der Waals surface area (Å²) in [5.41, 5.74) is 1.76. The fraction of sp³-hybridized carbons (Fsp3) is 0.125. The normalized spacial score (nSPS) is 9.76. The van der Waals surface area contributed by atoms with Gasteiger partial charge in [0.2, 0.25) is 0 Å². The number of benzene rings is 2. The summed E-state index contributed by atoms with van der Waals surface area (Å²) in [4.78, 5) is 12.0. The fourth-order valence-electron chi connectivity index (χ4n) is 1.78. The minimum atomic E-state index is -0.513. The molecule has 0 aliphatic heterocycles. The van der Waals surface area contributed by atoms with E-state index in [1.54, 1.807) is 24.3 Å². The van der Waals surface area contributed by atoms with Crippen LogP contribution in [-0.2, 0) is 6.54 Å². The molecule has 2 rings (SSSR count). The summed E-state index contributed by atoms with van der Waals surface area (Å²) in [7, 11) is 1.34. The summed E-state index contributed by atoms with van der Waals surface area (Å²) in [6.07, 6.45) is 0. The third-order valence-electron chi connectivity index (χ3n) is 2.95. The van der Waals surface area contributed by atoms with Crippen molar-refractivity contribution >= 4 is 5.91 Å². The average molecular weight is 284 g/mol.